The van der Waals surface area contributed by atoms with Crippen LogP contribution >= 0.6 is 0 Å². The van der Waals surface area contributed by atoms with Gasteiger partial charge in [-0.1, -0.05) is 12.1 Å². The van der Waals surface area contributed by atoms with Crippen molar-refractivity contribution in [1.82, 2.24) is 0 Å². The van der Waals surface area contributed by atoms with Crippen LogP contribution in [0.2, 0.25) is 0 Å². The molecular weight excluding hydrogens is 214 g/mol. The van der Waals surface area contributed by atoms with Gasteiger partial charge < -0.3 is 15.0 Å². The molecule has 0 bridgehead atoms. The van der Waals surface area contributed by atoms with Crippen molar-refractivity contribution < 1.29 is 13.5 Å². The van der Waals surface area contributed by atoms with Crippen LogP contribution < -0.4 is 10.5 Å². The highest BCUT2D eigenvalue weighted by atomic mass is 32.2. The molecule has 0 heterocycles. The van der Waals surface area contributed by atoms with Crippen LogP contribution in [0.1, 0.15) is 12.8 Å². The third kappa shape index (κ3) is 4.80. The van der Waals surface area contributed by atoms with Crippen molar-refractivity contribution in [2.24, 2.45) is 0 Å². The van der Waals surface area contributed by atoms with E-state index in [2.05, 4.69) is 0 Å². The van der Waals surface area contributed by atoms with E-state index in [1.807, 2.05) is 12.1 Å². The molecule has 1 unspecified atom stereocenters. The minimum absolute atomic E-state index is 0.299. The normalized spacial score (nSPS) is 12.3. The Kier molecular flexibility index (Phi) is 5.14. The van der Waals surface area contributed by atoms with E-state index >= 15 is 0 Å². The zero-order valence-corrected chi connectivity index (χ0v) is 9.20. The number of unbranched alkanes of at least 4 members (excludes halogenated alkanes) is 1. The van der Waals surface area contributed by atoms with Crippen molar-refractivity contribution in [3.05, 3.63) is 24.3 Å². The average Bonchev–Trinajstić information content (AvgIpc) is 2.20. The second-order valence-electron chi connectivity index (χ2n) is 3.12. The molecule has 1 rings (SSSR count). The predicted octanol–water partition coefficient (Wildman–Crippen LogP) is 1.65. The SMILES string of the molecule is Nc1ccccc1OCCCCS(=O)O. The van der Waals surface area contributed by atoms with Gasteiger partial charge in [-0.05, 0) is 25.0 Å². The van der Waals surface area contributed by atoms with Gasteiger partial charge >= 0.3 is 0 Å². The van der Waals surface area contributed by atoms with Gasteiger partial charge in [-0.15, -0.1) is 0 Å². The summed E-state index contributed by atoms with van der Waals surface area (Å²) in [6, 6.07) is 7.28. The lowest BCUT2D eigenvalue weighted by molar-refractivity contribution is 0.311. The molecule has 0 aliphatic heterocycles. The molecule has 4 nitrogen and oxygen atoms in total. The number of nitrogen functional groups attached to an aromatic ring is 1. The van der Waals surface area contributed by atoms with Crippen molar-refractivity contribution in [3.63, 3.8) is 0 Å². The summed E-state index contributed by atoms with van der Waals surface area (Å²) in [5.74, 6) is 0.968. The Morgan fingerprint density at radius 1 is 1.33 bits per heavy atom. The Bertz CT molecular complexity index is 330. The fraction of sp³-hybridized carbons (Fsp3) is 0.400. The van der Waals surface area contributed by atoms with Crippen LogP contribution in [0.5, 0.6) is 5.75 Å². The van der Waals surface area contributed by atoms with Crippen LogP contribution in [0.25, 0.3) is 0 Å². The van der Waals surface area contributed by atoms with E-state index in [1.165, 1.54) is 0 Å². The Balaban J connectivity index is 2.21. The molecule has 0 aliphatic rings. The molecule has 1 aromatic carbocycles. The summed E-state index contributed by atoms with van der Waals surface area (Å²) in [6.07, 6.45) is 1.43. The number of benzene rings is 1. The summed E-state index contributed by atoms with van der Waals surface area (Å²) < 4.78 is 24.3. The molecule has 1 atom stereocenters. The Morgan fingerprint density at radius 2 is 2.07 bits per heavy atom. The third-order valence-electron chi connectivity index (χ3n) is 1.89. The molecule has 15 heavy (non-hydrogen) atoms. The highest BCUT2D eigenvalue weighted by Crippen LogP contribution is 2.19. The van der Waals surface area contributed by atoms with Crippen molar-refractivity contribution in [2.45, 2.75) is 12.8 Å². The largest absolute Gasteiger partial charge is 0.491 e. The second kappa shape index (κ2) is 6.42. The summed E-state index contributed by atoms with van der Waals surface area (Å²) in [6.45, 7) is 0.519. The minimum atomic E-state index is -1.70. The molecule has 0 fully saturated rings. The number of ether oxygens (including phenoxy) is 1. The number of hydrogen-bond donors (Lipinski definition) is 2. The van der Waals surface area contributed by atoms with Crippen LogP contribution in [0.4, 0.5) is 5.69 Å². The standard InChI is InChI=1S/C10H15NO3S/c11-9-5-1-2-6-10(9)14-7-3-4-8-15(12)13/h1-2,5-6H,3-4,7-8,11H2,(H,12,13). The molecule has 1 aromatic rings. The maximum atomic E-state index is 10.3. The van der Waals surface area contributed by atoms with Crippen LogP contribution in [-0.2, 0) is 11.1 Å². The van der Waals surface area contributed by atoms with E-state index in [0.717, 1.165) is 6.42 Å². The van der Waals surface area contributed by atoms with E-state index in [0.29, 0.717) is 30.2 Å². The van der Waals surface area contributed by atoms with Gasteiger partial charge in [0.15, 0.2) is 11.1 Å². The molecule has 84 valence electrons. The number of hydrogen-bond acceptors (Lipinski definition) is 3. The molecule has 5 heteroatoms. The number of rotatable bonds is 6. The fourth-order valence-corrected chi connectivity index (χ4v) is 1.57. The molecule has 0 saturated carbocycles. The highest BCUT2D eigenvalue weighted by molar-refractivity contribution is 7.79. The molecule has 0 saturated heterocycles. The Morgan fingerprint density at radius 3 is 2.73 bits per heavy atom. The molecule has 0 aromatic heterocycles. The van der Waals surface area contributed by atoms with E-state index in [4.69, 9.17) is 15.0 Å². The zero-order chi connectivity index (χ0) is 11.1. The van der Waals surface area contributed by atoms with Crippen molar-refractivity contribution in [2.75, 3.05) is 18.1 Å². The Hall–Kier alpha value is -1.07. The number of anilines is 1. The lowest BCUT2D eigenvalue weighted by Gasteiger charge is -2.07. The number of para-hydroxylation sites is 2. The second-order valence-corrected chi connectivity index (χ2v) is 4.17. The summed E-state index contributed by atoms with van der Waals surface area (Å²) >= 11 is -1.70. The summed E-state index contributed by atoms with van der Waals surface area (Å²) in [5.41, 5.74) is 6.28. The molecule has 0 radical (unpaired) electrons. The van der Waals surface area contributed by atoms with Crippen molar-refractivity contribution in [1.29, 1.82) is 0 Å². The molecule has 0 aliphatic carbocycles. The van der Waals surface area contributed by atoms with Crippen molar-refractivity contribution >= 4 is 16.8 Å². The minimum Gasteiger partial charge on any atom is -0.491 e. The molecular formula is C10H15NO3S. The maximum absolute atomic E-state index is 10.3. The van der Waals surface area contributed by atoms with Gasteiger partial charge in [0.2, 0.25) is 0 Å². The lowest BCUT2D eigenvalue weighted by atomic mass is 10.3. The number of nitrogens with two attached hydrogens (primary N) is 1. The van der Waals surface area contributed by atoms with Gasteiger partial charge in [0.05, 0.1) is 12.3 Å². The lowest BCUT2D eigenvalue weighted by Crippen LogP contribution is -2.02. The first-order valence-corrected chi connectivity index (χ1v) is 6.02. The third-order valence-corrected chi connectivity index (χ3v) is 2.53. The van der Waals surface area contributed by atoms with Crippen LogP contribution in [0, 0.1) is 0 Å². The quantitative estimate of drug-likeness (QED) is 0.442. The van der Waals surface area contributed by atoms with Gasteiger partial charge in [-0.2, -0.15) is 0 Å². The average molecular weight is 229 g/mol. The molecule has 0 spiro atoms. The van der Waals surface area contributed by atoms with Gasteiger partial charge in [0, 0.05) is 5.75 Å². The monoisotopic (exact) mass is 229 g/mol. The maximum Gasteiger partial charge on any atom is 0.152 e. The van der Waals surface area contributed by atoms with Crippen molar-refractivity contribution in [3.8, 4) is 5.75 Å². The van der Waals surface area contributed by atoms with Crippen LogP contribution in [0.15, 0.2) is 24.3 Å². The van der Waals surface area contributed by atoms with E-state index in [-0.39, 0.29) is 0 Å². The summed E-state index contributed by atoms with van der Waals surface area (Å²) in [5, 5.41) is 0. The van der Waals surface area contributed by atoms with Crippen LogP contribution in [0.3, 0.4) is 0 Å². The molecule has 3 N–H and O–H groups in total. The summed E-state index contributed by atoms with van der Waals surface area (Å²) in [4.78, 5) is 0. The van der Waals surface area contributed by atoms with Gasteiger partial charge in [0.1, 0.15) is 5.75 Å². The van der Waals surface area contributed by atoms with Gasteiger partial charge in [0.25, 0.3) is 0 Å². The summed E-state index contributed by atoms with van der Waals surface area (Å²) in [7, 11) is 0. The topological polar surface area (TPSA) is 72.5 Å². The first kappa shape index (κ1) is 12.0. The smallest absolute Gasteiger partial charge is 0.152 e. The van der Waals surface area contributed by atoms with Gasteiger partial charge in [-0.25, -0.2) is 4.21 Å². The zero-order valence-electron chi connectivity index (χ0n) is 8.39. The van der Waals surface area contributed by atoms with Gasteiger partial charge in [-0.3, -0.25) is 0 Å². The first-order valence-electron chi connectivity index (χ1n) is 4.75. The predicted molar refractivity (Wildman–Crippen MR) is 61.2 cm³/mol. The van der Waals surface area contributed by atoms with Crippen LogP contribution in [-0.4, -0.2) is 21.1 Å². The first-order chi connectivity index (χ1) is 7.20. The van der Waals surface area contributed by atoms with E-state index in [1.54, 1.807) is 12.1 Å². The Labute approximate surface area is 91.7 Å². The van der Waals surface area contributed by atoms with E-state index in [9.17, 15) is 4.21 Å². The molecule has 0 amide bonds. The fourth-order valence-electron chi connectivity index (χ4n) is 1.12. The highest BCUT2D eigenvalue weighted by Gasteiger charge is 1.98. The van der Waals surface area contributed by atoms with E-state index < -0.39 is 11.1 Å².